The average molecular weight is 400 g/mol. The van der Waals surface area contributed by atoms with Crippen LogP contribution in [0.1, 0.15) is 32.0 Å². The van der Waals surface area contributed by atoms with Crippen LogP contribution in [0.5, 0.6) is 0 Å². The quantitative estimate of drug-likeness (QED) is 0.482. The summed E-state index contributed by atoms with van der Waals surface area (Å²) < 4.78 is 0. The molecule has 2 heterocycles. The van der Waals surface area contributed by atoms with Crippen LogP contribution in [0.4, 0.5) is 5.69 Å². The Balaban J connectivity index is 1.60. The van der Waals surface area contributed by atoms with Gasteiger partial charge >= 0.3 is 0 Å². The third kappa shape index (κ3) is 2.75. The number of rotatable bonds is 3. The molecule has 3 aromatic carbocycles. The van der Waals surface area contributed by atoms with Crippen LogP contribution >= 0.6 is 11.6 Å². The van der Waals surface area contributed by atoms with Gasteiger partial charge in [0.15, 0.2) is 0 Å². The molecule has 0 radical (unpaired) electrons. The lowest BCUT2D eigenvalue weighted by atomic mass is 10.1. The summed E-state index contributed by atoms with van der Waals surface area (Å²) in [6.07, 6.45) is 3.60. The Labute approximate surface area is 171 Å². The monoisotopic (exact) mass is 399 g/mol. The number of amides is 2. The van der Waals surface area contributed by atoms with Crippen LogP contribution in [0, 0.1) is 0 Å². The van der Waals surface area contributed by atoms with E-state index in [9.17, 15) is 9.59 Å². The van der Waals surface area contributed by atoms with E-state index in [0.29, 0.717) is 27.4 Å². The minimum atomic E-state index is -0.354. The fourth-order valence-electron chi connectivity index (χ4n) is 3.57. The van der Waals surface area contributed by atoms with Crippen molar-refractivity contribution < 1.29 is 9.59 Å². The molecule has 1 aliphatic heterocycles. The van der Waals surface area contributed by atoms with Crippen molar-refractivity contribution in [3.05, 3.63) is 94.1 Å². The van der Waals surface area contributed by atoms with Gasteiger partial charge < -0.3 is 0 Å². The lowest BCUT2D eigenvalue weighted by Gasteiger charge is -2.17. The highest BCUT2D eigenvalue weighted by atomic mass is 35.5. The molecule has 0 aliphatic carbocycles. The summed E-state index contributed by atoms with van der Waals surface area (Å²) in [4.78, 5) is 27.0. The predicted octanol–water partition coefficient (Wildman–Crippen LogP) is 5.19. The molecule has 5 rings (SSSR count). The Hall–Kier alpha value is -3.70. The number of hydrogen-bond acceptors (Lipinski definition) is 3. The molecule has 1 aromatic heterocycles. The van der Waals surface area contributed by atoms with Gasteiger partial charge in [0.05, 0.1) is 28.0 Å². The number of hydrogen-bond donors (Lipinski definition) is 1. The molecular weight excluding hydrogens is 386 g/mol. The summed E-state index contributed by atoms with van der Waals surface area (Å²) in [6.45, 7) is 0. The number of nitrogens with zero attached hydrogens (tertiary/aromatic N) is 2. The SMILES string of the molecule is O=C1c2ccccc2C(=O)N1c1cccc(Cl)c1/C=C/c1n[nH]c2ccccc12. The Bertz CT molecular complexity index is 1290. The largest absolute Gasteiger partial charge is 0.277 e. The van der Waals surface area contributed by atoms with E-state index >= 15 is 0 Å². The summed E-state index contributed by atoms with van der Waals surface area (Å²) in [5.74, 6) is -0.708. The Morgan fingerprint density at radius 1 is 0.828 bits per heavy atom. The number of carbonyl (C=O) groups excluding carboxylic acids is 2. The van der Waals surface area contributed by atoms with Crippen LogP contribution < -0.4 is 4.90 Å². The zero-order valence-electron chi connectivity index (χ0n) is 15.1. The zero-order valence-corrected chi connectivity index (χ0v) is 15.9. The molecule has 29 heavy (non-hydrogen) atoms. The summed E-state index contributed by atoms with van der Waals surface area (Å²) in [5, 5.41) is 8.72. The molecule has 0 unspecified atom stereocenters. The van der Waals surface area contributed by atoms with Gasteiger partial charge in [-0.25, -0.2) is 4.90 Å². The molecule has 140 valence electrons. The van der Waals surface area contributed by atoms with E-state index in [-0.39, 0.29) is 11.8 Å². The van der Waals surface area contributed by atoms with Crippen LogP contribution in [0.3, 0.4) is 0 Å². The van der Waals surface area contributed by atoms with E-state index in [1.54, 1.807) is 48.5 Å². The van der Waals surface area contributed by atoms with Crippen molar-refractivity contribution in [2.24, 2.45) is 0 Å². The molecule has 0 atom stereocenters. The molecule has 1 N–H and O–H groups in total. The first-order valence-electron chi connectivity index (χ1n) is 9.02. The molecule has 5 nitrogen and oxygen atoms in total. The summed E-state index contributed by atoms with van der Waals surface area (Å²) >= 11 is 6.44. The van der Waals surface area contributed by atoms with Gasteiger partial charge in [0.2, 0.25) is 0 Å². The Morgan fingerprint density at radius 3 is 2.28 bits per heavy atom. The van der Waals surface area contributed by atoms with Gasteiger partial charge in [-0.2, -0.15) is 5.10 Å². The molecule has 0 saturated heterocycles. The van der Waals surface area contributed by atoms with Crippen molar-refractivity contribution in [3.8, 4) is 0 Å². The third-order valence-electron chi connectivity index (χ3n) is 4.97. The van der Waals surface area contributed by atoms with Crippen molar-refractivity contribution >= 4 is 52.2 Å². The highest BCUT2D eigenvalue weighted by Crippen LogP contribution is 2.35. The Morgan fingerprint density at radius 2 is 1.52 bits per heavy atom. The maximum atomic E-state index is 12.9. The second-order valence-corrected chi connectivity index (χ2v) is 7.06. The minimum absolute atomic E-state index is 0.354. The smallest absolute Gasteiger partial charge is 0.266 e. The molecule has 0 bridgehead atoms. The molecule has 1 aliphatic rings. The number of aromatic nitrogens is 2. The molecule has 4 aromatic rings. The van der Waals surface area contributed by atoms with Gasteiger partial charge in [-0.05, 0) is 42.5 Å². The zero-order chi connectivity index (χ0) is 20.0. The van der Waals surface area contributed by atoms with Crippen LogP contribution in [0.2, 0.25) is 5.02 Å². The van der Waals surface area contributed by atoms with Crippen molar-refractivity contribution in [1.29, 1.82) is 0 Å². The number of imide groups is 1. The van der Waals surface area contributed by atoms with E-state index in [0.717, 1.165) is 16.6 Å². The van der Waals surface area contributed by atoms with E-state index in [1.807, 2.05) is 30.3 Å². The fourth-order valence-corrected chi connectivity index (χ4v) is 3.80. The number of carbonyl (C=O) groups is 2. The molecule has 2 amide bonds. The normalized spacial score (nSPS) is 13.6. The van der Waals surface area contributed by atoms with Crippen molar-refractivity contribution in [2.75, 3.05) is 4.90 Å². The second-order valence-electron chi connectivity index (χ2n) is 6.65. The number of fused-ring (bicyclic) bond motifs is 2. The van der Waals surface area contributed by atoms with Crippen molar-refractivity contribution in [1.82, 2.24) is 10.2 Å². The molecule has 0 saturated carbocycles. The van der Waals surface area contributed by atoms with Gasteiger partial charge in [0, 0.05) is 16.0 Å². The number of aromatic amines is 1. The molecule has 0 spiro atoms. The van der Waals surface area contributed by atoms with Crippen molar-refractivity contribution in [2.45, 2.75) is 0 Å². The number of halogens is 1. The topological polar surface area (TPSA) is 66.1 Å². The van der Waals surface area contributed by atoms with Gasteiger partial charge in [0.1, 0.15) is 0 Å². The van der Waals surface area contributed by atoms with Gasteiger partial charge in [-0.1, -0.05) is 48.0 Å². The highest BCUT2D eigenvalue weighted by molar-refractivity contribution is 6.37. The maximum Gasteiger partial charge on any atom is 0.266 e. The van der Waals surface area contributed by atoms with Gasteiger partial charge in [0.25, 0.3) is 11.8 Å². The number of benzene rings is 3. The summed E-state index contributed by atoms with van der Waals surface area (Å²) in [7, 11) is 0. The molecule has 6 heteroatoms. The fraction of sp³-hybridized carbons (Fsp3) is 0. The lowest BCUT2D eigenvalue weighted by Crippen LogP contribution is -2.30. The lowest BCUT2D eigenvalue weighted by molar-refractivity contribution is 0.0926. The van der Waals surface area contributed by atoms with E-state index in [2.05, 4.69) is 10.2 Å². The maximum absolute atomic E-state index is 12.9. The Kier molecular flexibility index (Phi) is 4.03. The first kappa shape index (κ1) is 17.4. The van der Waals surface area contributed by atoms with Crippen LogP contribution in [0.25, 0.3) is 23.1 Å². The first-order chi connectivity index (χ1) is 14.1. The van der Waals surface area contributed by atoms with Crippen LogP contribution in [0.15, 0.2) is 66.7 Å². The molecular formula is C23H14ClN3O2. The number of para-hydroxylation sites is 1. The summed E-state index contributed by atoms with van der Waals surface area (Å²) in [6, 6.07) is 19.8. The van der Waals surface area contributed by atoms with Gasteiger partial charge in [-0.15, -0.1) is 0 Å². The highest BCUT2D eigenvalue weighted by Gasteiger charge is 2.37. The predicted molar refractivity (Wildman–Crippen MR) is 114 cm³/mol. The van der Waals surface area contributed by atoms with Crippen LogP contribution in [-0.4, -0.2) is 22.0 Å². The summed E-state index contributed by atoms with van der Waals surface area (Å²) in [5.41, 5.74) is 3.48. The number of nitrogens with one attached hydrogen (secondary N) is 1. The number of anilines is 1. The standard InChI is InChI=1S/C23H14ClN3O2/c24-18-9-5-11-21(27-22(28)14-6-1-2-7-15(14)23(27)29)16(18)12-13-20-17-8-3-4-10-19(17)25-26-20/h1-13H,(H,25,26)/b13-12+. The van der Waals surface area contributed by atoms with E-state index in [1.165, 1.54) is 4.90 Å². The molecule has 0 fully saturated rings. The third-order valence-corrected chi connectivity index (χ3v) is 5.30. The van der Waals surface area contributed by atoms with E-state index in [4.69, 9.17) is 11.6 Å². The van der Waals surface area contributed by atoms with Crippen molar-refractivity contribution in [3.63, 3.8) is 0 Å². The van der Waals surface area contributed by atoms with Crippen LogP contribution in [-0.2, 0) is 0 Å². The average Bonchev–Trinajstić information content (AvgIpc) is 3.26. The minimum Gasteiger partial charge on any atom is -0.277 e. The van der Waals surface area contributed by atoms with Gasteiger partial charge in [-0.3, -0.25) is 14.7 Å². The first-order valence-corrected chi connectivity index (χ1v) is 9.40. The number of H-pyrrole nitrogens is 1. The van der Waals surface area contributed by atoms with E-state index < -0.39 is 0 Å². The second kappa shape index (κ2) is 6.72.